The number of nitrogens with one attached hydrogen (secondary N) is 1. The average Bonchev–Trinajstić information content (AvgIpc) is 2.79. The maximum Gasteiger partial charge on any atom is 0.573 e. The summed E-state index contributed by atoms with van der Waals surface area (Å²) >= 11 is 0. The highest BCUT2D eigenvalue weighted by molar-refractivity contribution is 5.97. The van der Waals surface area contributed by atoms with Gasteiger partial charge < -0.3 is 19.9 Å². The van der Waals surface area contributed by atoms with Crippen LogP contribution in [-0.4, -0.2) is 58.5 Å². The number of carbonyl (C=O) groups excluding carboxylic acids is 1. The van der Waals surface area contributed by atoms with Crippen LogP contribution in [0.4, 0.5) is 30.5 Å². The molecule has 0 bridgehead atoms. The Labute approximate surface area is 181 Å². The maximum atomic E-state index is 12.8. The molecule has 11 heteroatoms. The average molecular weight is 444 g/mol. The lowest BCUT2D eigenvalue weighted by Gasteiger charge is -2.35. The zero-order valence-electron chi connectivity index (χ0n) is 16.8. The van der Waals surface area contributed by atoms with Gasteiger partial charge in [-0.2, -0.15) is 0 Å². The maximum absolute atomic E-state index is 12.8. The number of para-hydroxylation sites is 1. The molecule has 0 saturated carbocycles. The van der Waals surface area contributed by atoms with Crippen molar-refractivity contribution >= 4 is 23.2 Å². The Morgan fingerprint density at radius 3 is 2.31 bits per heavy atom. The molecule has 4 rings (SSSR count). The summed E-state index contributed by atoms with van der Waals surface area (Å²) in [5.74, 6) is 0.219. The number of anilines is 3. The van der Waals surface area contributed by atoms with Crippen molar-refractivity contribution in [3.63, 3.8) is 0 Å². The Morgan fingerprint density at radius 1 is 0.938 bits per heavy atom. The fourth-order valence-electron chi connectivity index (χ4n) is 3.31. The Balaban J connectivity index is 1.37. The zero-order chi connectivity index (χ0) is 22.6. The number of alkyl halides is 3. The number of piperazine rings is 1. The Morgan fingerprint density at radius 2 is 1.66 bits per heavy atom. The predicted molar refractivity (Wildman–Crippen MR) is 111 cm³/mol. The van der Waals surface area contributed by atoms with Gasteiger partial charge in [0.1, 0.15) is 5.75 Å². The summed E-state index contributed by atoms with van der Waals surface area (Å²) in [6, 6.07) is 12.6. The van der Waals surface area contributed by atoms with Crippen LogP contribution in [-0.2, 0) is 0 Å². The van der Waals surface area contributed by atoms with E-state index >= 15 is 0 Å². The van der Waals surface area contributed by atoms with Crippen LogP contribution in [0, 0.1) is 0 Å². The second-order valence-electron chi connectivity index (χ2n) is 6.96. The number of amides is 1. The topological polar surface area (TPSA) is 83.5 Å². The number of nitrogens with zero attached hydrogens (tertiary/aromatic N) is 5. The van der Waals surface area contributed by atoms with Gasteiger partial charge in [-0.15, -0.1) is 23.4 Å². The third kappa shape index (κ3) is 5.23. The van der Waals surface area contributed by atoms with Crippen molar-refractivity contribution in [1.29, 1.82) is 0 Å². The Hall–Kier alpha value is -3.89. The lowest BCUT2D eigenvalue weighted by Crippen LogP contribution is -2.49. The molecule has 1 fully saturated rings. The van der Waals surface area contributed by atoms with Crippen molar-refractivity contribution in [1.82, 2.24) is 20.1 Å². The van der Waals surface area contributed by atoms with Gasteiger partial charge in [0.05, 0.1) is 5.56 Å². The molecule has 32 heavy (non-hydrogen) atoms. The lowest BCUT2D eigenvalue weighted by atomic mass is 10.1. The first kappa shape index (κ1) is 21.3. The predicted octanol–water partition coefficient (Wildman–Crippen LogP) is 3.48. The van der Waals surface area contributed by atoms with Gasteiger partial charge in [-0.25, -0.2) is 0 Å². The third-order valence-electron chi connectivity index (χ3n) is 4.84. The van der Waals surface area contributed by atoms with Crippen molar-refractivity contribution in [2.75, 3.05) is 36.4 Å². The van der Waals surface area contributed by atoms with E-state index in [1.807, 2.05) is 23.1 Å². The molecule has 1 aliphatic rings. The molecule has 1 amide bonds. The summed E-state index contributed by atoms with van der Waals surface area (Å²) in [7, 11) is 0. The highest BCUT2D eigenvalue weighted by Gasteiger charge is 2.34. The number of ether oxygens (including phenoxy) is 1. The molecule has 1 aliphatic heterocycles. The molecule has 0 atom stereocenters. The van der Waals surface area contributed by atoms with Crippen LogP contribution in [0.3, 0.4) is 0 Å². The number of pyridine rings is 1. The largest absolute Gasteiger partial charge is 0.573 e. The normalized spacial score (nSPS) is 14.2. The van der Waals surface area contributed by atoms with Crippen molar-refractivity contribution in [2.24, 2.45) is 0 Å². The minimum absolute atomic E-state index is 0.121. The van der Waals surface area contributed by atoms with Crippen molar-refractivity contribution in [3.05, 3.63) is 66.5 Å². The van der Waals surface area contributed by atoms with E-state index in [4.69, 9.17) is 0 Å². The highest BCUT2D eigenvalue weighted by Crippen LogP contribution is 2.27. The Kier molecular flexibility index (Phi) is 6.06. The van der Waals surface area contributed by atoms with Crippen molar-refractivity contribution in [2.45, 2.75) is 6.36 Å². The lowest BCUT2D eigenvalue weighted by molar-refractivity contribution is -0.274. The van der Waals surface area contributed by atoms with Crippen LogP contribution >= 0.6 is 0 Å². The number of benzene rings is 1. The number of halogens is 3. The molecule has 3 aromatic rings. The number of hydrogen-bond donors (Lipinski definition) is 1. The standard InChI is InChI=1S/C21H19F3N6O2/c22-21(23,24)32-17-4-2-1-3-16(17)20(31)30-13-11-29(12-14-30)19-6-5-18(27-28-19)26-15-7-9-25-10-8-15/h1-10H,11-14H2,(H,25,26,27). The summed E-state index contributed by atoms with van der Waals surface area (Å²) in [4.78, 5) is 20.2. The first-order valence-electron chi connectivity index (χ1n) is 9.79. The molecular formula is C21H19F3N6O2. The summed E-state index contributed by atoms with van der Waals surface area (Å²) in [5.41, 5.74) is 0.716. The van der Waals surface area contributed by atoms with E-state index in [0.29, 0.717) is 37.8 Å². The number of rotatable bonds is 5. The molecule has 3 heterocycles. The highest BCUT2D eigenvalue weighted by atomic mass is 19.4. The van der Waals surface area contributed by atoms with Crippen molar-refractivity contribution < 1.29 is 22.7 Å². The first-order valence-corrected chi connectivity index (χ1v) is 9.79. The molecule has 1 saturated heterocycles. The molecule has 1 aromatic carbocycles. The fraction of sp³-hybridized carbons (Fsp3) is 0.238. The van der Waals surface area contributed by atoms with Gasteiger partial charge in [-0.1, -0.05) is 12.1 Å². The van der Waals surface area contributed by atoms with Crippen LogP contribution in [0.15, 0.2) is 60.9 Å². The van der Waals surface area contributed by atoms with E-state index < -0.39 is 18.0 Å². The van der Waals surface area contributed by atoms with Gasteiger partial charge in [0.25, 0.3) is 5.91 Å². The fourth-order valence-corrected chi connectivity index (χ4v) is 3.31. The van der Waals surface area contributed by atoms with Crippen LogP contribution in [0.1, 0.15) is 10.4 Å². The molecular weight excluding hydrogens is 425 g/mol. The van der Waals surface area contributed by atoms with E-state index in [1.165, 1.54) is 23.1 Å². The molecule has 0 aliphatic carbocycles. The van der Waals surface area contributed by atoms with E-state index in [9.17, 15) is 18.0 Å². The van der Waals surface area contributed by atoms with Gasteiger partial charge in [-0.3, -0.25) is 9.78 Å². The number of hydrogen-bond acceptors (Lipinski definition) is 7. The van der Waals surface area contributed by atoms with Crippen LogP contribution < -0.4 is 15.0 Å². The number of aromatic nitrogens is 3. The van der Waals surface area contributed by atoms with E-state index in [0.717, 1.165) is 11.8 Å². The number of carbonyl (C=O) groups is 1. The minimum atomic E-state index is -4.87. The van der Waals surface area contributed by atoms with Crippen molar-refractivity contribution in [3.8, 4) is 5.75 Å². The Bertz CT molecular complexity index is 1060. The van der Waals surface area contributed by atoms with E-state index in [1.54, 1.807) is 18.5 Å². The molecule has 2 aromatic heterocycles. The van der Waals surface area contributed by atoms with E-state index in [2.05, 4.69) is 25.2 Å². The molecule has 0 spiro atoms. The SMILES string of the molecule is O=C(c1ccccc1OC(F)(F)F)N1CCN(c2ccc(Nc3ccncc3)nn2)CC1. The second-order valence-corrected chi connectivity index (χ2v) is 6.96. The summed E-state index contributed by atoms with van der Waals surface area (Å²) in [5, 5.41) is 11.5. The van der Waals surface area contributed by atoms with Crippen LogP contribution in [0.25, 0.3) is 0 Å². The smallest absolute Gasteiger partial charge is 0.405 e. The minimum Gasteiger partial charge on any atom is -0.405 e. The van der Waals surface area contributed by atoms with E-state index in [-0.39, 0.29) is 5.56 Å². The van der Waals surface area contributed by atoms with Gasteiger partial charge in [-0.05, 0) is 36.4 Å². The molecule has 166 valence electrons. The molecule has 0 unspecified atom stereocenters. The summed E-state index contributed by atoms with van der Waals surface area (Å²) in [6.45, 7) is 1.61. The quantitative estimate of drug-likeness (QED) is 0.645. The summed E-state index contributed by atoms with van der Waals surface area (Å²) in [6.07, 6.45) is -1.54. The van der Waals surface area contributed by atoms with Gasteiger partial charge in [0.2, 0.25) is 0 Å². The molecule has 0 radical (unpaired) electrons. The van der Waals surface area contributed by atoms with Gasteiger partial charge in [0, 0.05) is 44.3 Å². The molecule has 8 nitrogen and oxygen atoms in total. The van der Waals surface area contributed by atoms with Gasteiger partial charge in [0.15, 0.2) is 11.6 Å². The molecule has 1 N–H and O–H groups in total. The first-order chi connectivity index (χ1) is 15.4. The zero-order valence-corrected chi connectivity index (χ0v) is 16.8. The second kappa shape index (κ2) is 9.08. The third-order valence-corrected chi connectivity index (χ3v) is 4.84. The van der Waals surface area contributed by atoms with Gasteiger partial charge >= 0.3 is 6.36 Å². The monoisotopic (exact) mass is 444 g/mol. The van der Waals surface area contributed by atoms with Crippen LogP contribution in [0.2, 0.25) is 0 Å². The summed E-state index contributed by atoms with van der Waals surface area (Å²) < 4.78 is 41.9. The van der Waals surface area contributed by atoms with Crippen LogP contribution in [0.5, 0.6) is 5.75 Å².